The lowest BCUT2D eigenvalue weighted by atomic mass is 10.3. The van der Waals surface area contributed by atoms with Gasteiger partial charge in [-0.05, 0) is 34.9 Å². The predicted octanol–water partition coefficient (Wildman–Crippen LogP) is 1.90. The van der Waals surface area contributed by atoms with Crippen molar-refractivity contribution in [1.29, 1.82) is 0 Å². The summed E-state index contributed by atoms with van der Waals surface area (Å²) < 4.78 is 1.97. The van der Waals surface area contributed by atoms with Crippen LogP contribution in [0.4, 0.5) is 0 Å². The third-order valence-electron chi connectivity index (χ3n) is 2.71. The molecule has 0 saturated carbocycles. The van der Waals surface area contributed by atoms with Crippen LogP contribution in [0, 0.1) is 6.92 Å². The first-order valence-electron chi connectivity index (χ1n) is 6.05. The fraction of sp³-hybridized carbons (Fsp3) is 0.750. The minimum absolute atomic E-state index is 0.432. The summed E-state index contributed by atoms with van der Waals surface area (Å²) in [7, 11) is 4.15. The van der Waals surface area contributed by atoms with Crippen molar-refractivity contribution in [2.24, 2.45) is 0 Å². The third-order valence-corrected chi connectivity index (χ3v) is 3.20. The van der Waals surface area contributed by atoms with Gasteiger partial charge in [-0.2, -0.15) is 5.10 Å². The molecule has 0 radical (unpaired) electrons. The van der Waals surface area contributed by atoms with Gasteiger partial charge >= 0.3 is 0 Å². The zero-order valence-corrected chi connectivity index (χ0v) is 12.2. The zero-order valence-electron chi connectivity index (χ0n) is 11.4. The van der Waals surface area contributed by atoms with Crippen molar-refractivity contribution in [1.82, 2.24) is 20.0 Å². The molecule has 1 atom stereocenters. The molecule has 5 heteroatoms. The lowest BCUT2D eigenvalue weighted by molar-refractivity contribution is 0.346. The Balaban J connectivity index is 2.62. The molecule has 17 heavy (non-hydrogen) atoms. The fourth-order valence-corrected chi connectivity index (χ4v) is 2.12. The summed E-state index contributed by atoms with van der Waals surface area (Å²) in [5.41, 5.74) is 1.99. The van der Waals surface area contributed by atoms with Gasteiger partial charge in [0.05, 0.1) is 16.4 Å². The van der Waals surface area contributed by atoms with Crippen molar-refractivity contribution in [3.8, 4) is 0 Å². The van der Waals surface area contributed by atoms with Gasteiger partial charge < -0.3 is 10.2 Å². The minimum atomic E-state index is 0.432. The van der Waals surface area contributed by atoms with Crippen LogP contribution in [0.3, 0.4) is 0 Å². The van der Waals surface area contributed by atoms with Crippen molar-refractivity contribution < 1.29 is 0 Å². The molecular weight excluding hydrogens is 236 g/mol. The summed E-state index contributed by atoms with van der Waals surface area (Å²) in [5, 5.41) is 8.66. The van der Waals surface area contributed by atoms with E-state index < -0.39 is 0 Å². The van der Waals surface area contributed by atoms with Crippen molar-refractivity contribution in [3.63, 3.8) is 0 Å². The first-order valence-corrected chi connectivity index (χ1v) is 6.43. The predicted molar refractivity (Wildman–Crippen MR) is 72.5 cm³/mol. The average molecular weight is 259 g/mol. The Bertz CT molecular complexity index is 360. The maximum absolute atomic E-state index is 6.25. The Morgan fingerprint density at radius 3 is 2.65 bits per heavy atom. The summed E-state index contributed by atoms with van der Waals surface area (Å²) in [5.74, 6) is 0. The molecule has 98 valence electrons. The van der Waals surface area contributed by atoms with Crippen molar-refractivity contribution >= 4 is 11.6 Å². The molecule has 0 saturated heterocycles. The van der Waals surface area contributed by atoms with E-state index in [0.29, 0.717) is 6.04 Å². The summed E-state index contributed by atoms with van der Waals surface area (Å²) in [6.45, 7) is 8.83. The van der Waals surface area contributed by atoms with Gasteiger partial charge in [-0.1, -0.05) is 11.6 Å². The quantitative estimate of drug-likeness (QED) is 0.846. The number of halogens is 1. The molecule has 0 aromatic carbocycles. The first kappa shape index (κ1) is 14.5. The molecule has 0 aliphatic heterocycles. The number of hydrogen-bond donors (Lipinski definition) is 1. The van der Waals surface area contributed by atoms with Gasteiger partial charge in [0, 0.05) is 25.7 Å². The molecule has 1 rings (SSSR count). The molecule has 1 aromatic heterocycles. The smallest absolute Gasteiger partial charge is 0.0860 e. The number of aromatic nitrogens is 2. The van der Waals surface area contributed by atoms with Crippen molar-refractivity contribution in [3.05, 3.63) is 16.4 Å². The van der Waals surface area contributed by atoms with Gasteiger partial charge in [-0.15, -0.1) is 0 Å². The second-order valence-corrected chi connectivity index (χ2v) is 5.08. The SMILES string of the molecule is CCn1nc(C)c(Cl)c1CNC(C)CN(C)C. The summed E-state index contributed by atoms with van der Waals surface area (Å²) in [4.78, 5) is 2.17. The highest BCUT2D eigenvalue weighted by Crippen LogP contribution is 2.20. The van der Waals surface area contributed by atoms with Crippen LogP contribution in [-0.4, -0.2) is 41.4 Å². The largest absolute Gasteiger partial charge is 0.308 e. The van der Waals surface area contributed by atoms with Crippen LogP contribution in [0.2, 0.25) is 5.02 Å². The molecule has 0 spiro atoms. The highest BCUT2D eigenvalue weighted by Gasteiger charge is 2.13. The van der Waals surface area contributed by atoms with E-state index in [1.165, 1.54) is 0 Å². The van der Waals surface area contributed by atoms with Crippen LogP contribution in [0.15, 0.2) is 0 Å². The van der Waals surface area contributed by atoms with Gasteiger partial charge in [-0.3, -0.25) is 4.68 Å². The Kier molecular flexibility index (Phi) is 5.43. The van der Waals surface area contributed by atoms with Gasteiger partial charge in [0.2, 0.25) is 0 Å². The Hall–Kier alpha value is -0.580. The molecule has 0 bridgehead atoms. The lowest BCUT2D eigenvalue weighted by Gasteiger charge is -2.18. The van der Waals surface area contributed by atoms with Crippen molar-refractivity contribution in [2.75, 3.05) is 20.6 Å². The van der Waals surface area contributed by atoms with Crippen molar-refractivity contribution in [2.45, 2.75) is 39.9 Å². The minimum Gasteiger partial charge on any atom is -0.308 e. The van der Waals surface area contributed by atoms with E-state index in [1.807, 2.05) is 11.6 Å². The van der Waals surface area contributed by atoms with E-state index in [-0.39, 0.29) is 0 Å². The Labute approximate surface area is 109 Å². The number of nitrogens with zero attached hydrogens (tertiary/aromatic N) is 3. The number of rotatable bonds is 6. The van der Waals surface area contributed by atoms with E-state index in [4.69, 9.17) is 11.6 Å². The highest BCUT2D eigenvalue weighted by atomic mass is 35.5. The van der Waals surface area contributed by atoms with Crippen LogP contribution < -0.4 is 5.32 Å². The third kappa shape index (κ3) is 3.98. The average Bonchev–Trinajstić information content (AvgIpc) is 2.51. The van der Waals surface area contributed by atoms with Crippen LogP contribution >= 0.6 is 11.6 Å². The topological polar surface area (TPSA) is 33.1 Å². The number of nitrogens with one attached hydrogen (secondary N) is 1. The van der Waals surface area contributed by atoms with E-state index in [2.05, 4.69) is 43.3 Å². The van der Waals surface area contributed by atoms with Crippen LogP contribution in [-0.2, 0) is 13.1 Å². The molecule has 1 unspecified atom stereocenters. The normalized spacial score (nSPS) is 13.4. The molecule has 1 heterocycles. The monoisotopic (exact) mass is 258 g/mol. The molecular formula is C12H23ClN4. The molecule has 1 N–H and O–H groups in total. The fourth-order valence-electron chi connectivity index (χ4n) is 1.92. The van der Waals surface area contributed by atoms with Gasteiger partial charge in [0.15, 0.2) is 0 Å². The molecule has 4 nitrogen and oxygen atoms in total. The maximum atomic E-state index is 6.25. The molecule has 0 aliphatic rings. The zero-order chi connectivity index (χ0) is 13.0. The lowest BCUT2D eigenvalue weighted by Crippen LogP contribution is -2.35. The summed E-state index contributed by atoms with van der Waals surface area (Å²) in [6, 6.07) is 0.432. The van der Waals surface area contributed by atoms with Gasteiger partial charge in [0.1, 0.15) is 0 Å². The van der Waals surface area contributed by atoms with Crippen LogP contribution in [0.25, 0.3) is 0 Å². The number of aryl methyl sites for hydroxylation is 2. The standard InChI is InChI=1S/C12H23ClN4/c1-6-17-11(12(13)10(3)15-17)7-14-9(2)8-16(4)5/h9,14H,6-8H2,1-5H3. The van der Waals surface area contributed by atoms with Crippen LogP contribution in [0.5, 0.6) is 0 Å². The highest BCUT2D eigenvalue weighted by molar-refractivity contribution is 6.31. The molecule has 0 amide bonds. The van der Waals surface area contributed by atoms with E-state index in [1.54, 1.807) is 0 Å². The van der Waals surface area contributed by atoms with Crippen LogP contribution in [0.1, 0.15) is 25.2 Å². The second-order valence-electron chi connectivity index (χ2n) is 4.71. The molecule has 1 aromatic rings. The number of hydrogen-bond acceptors (Lipinski definition) is 3. The first-order chi connectivity index (χ1) is 7.95. The number of likely N-dealkylation sites (N-methyl/N-ethyl adjacent to an activating group) is 1. The van der Waals surface area contributed by atoms with Gasteiger partial charge in [0.25, 0.3) is 0 Å². The maximum Gasteiger partial charge on any atom is 0.0860 e. The molecule has 0 fully saturated rings. The van der Waals surface area contributed by atoms with E-state index in [9.17, 15) is 0 Å². The summed E-state index contributed by atoms with van der Waals surface area (Å²) >= 11 is 6.25. The van der Waals surface area contributed by atoms with E-state index >= 15 is 0 Å². The Morgan fingerprint density at radius 1 is 1.47 bits per heavy atom. The Morgan fingerprint density at radius 2 is 2.12 bits per heavy atom. The van der Waals surface area contributed by atoms with Gasteiger partial charge in [-0.25, -0.2) is 0 Å². The second kappa shape index (κ2) is 6.38. The summed E-state index contributed by atoms with van der Waals surface area (Å²) in [6.07, 6.45) is 0. The van der Waals surface area contributed by atoms with E-state index in [0.717, 1.165) is 36.0 Å². The molecule has 0 aliphatic carbocycles.